The fourth-order valence-electron chi connectivity index (χ4n) is 7.18. The van der Waals surface area contributed by atoms with Crippen LogP contribution in [0.4, 0.5) is 8.78 Å². The fraction of sp³-hybridized carbons (Fsp3) is 0.0769. The van der Waals surface area contributed by atoms with E-state index in [4.69, 9.17) is 0 Å². The maximum atomic E-state index is 14.7. The number of rotatable bonds is 4. The largest absolute Gasteiger partial charge is 0.207 e. The Labute approximate surface area is 238 Å². The zero-order valence-corrected chi connectivity index (χ0v) is 22.4. The first-order valence-electron chi connectivity index (χ1n) is 14.1. The molecule has 8 rings (SSSR count). The number of hydrogen-bond acceptors (Lipinski definition) is 0. The van der Waals surface area contributed by atoms with Crippen LogP contribution in [0, 0.1) is 11.6 Å². The van der Waals surface area contributed by atoms with Gasteiger partial charge < -0.3 is 0 Å². The Balaban J connectivity index is 1.38. The van der Waals surface area contributed by atoms with Crippen molar-refractivity contribution in [2.75, 3.05) is 0 Å². The van der Waals surface area contributed by atoms with Crippen LogP contribution in [0.25, 0.3) is 22.3 Å². The van der Waals surface area contributed by atoms with Gasteiger partial charge in [-0.1, -0.05) is 121 Å². The molecule has 0 nitrogen and oxygen atoms in total. The molecule has 1 spiro atoms. The number of fused-ring (bicyclic) bond motifs is 10. The summed E-state index contributed by atoms with van der Waals surface area (Å²) in [7, 11) is 0. The number of benzene rings is 6. The maximum absolute atomic E-state index is 14.7. The summed E-state index contributed by atoms with van der Waals surface area (Å²) in [6.45, 7) is 0. The van der Waals surface area contributed by atoms with Crippen LogP contribution in [-0.4, -0.2) is 0 Å². The lowest BCUT2D eigenvalue weighted by atomic mass is 9.70. The second kappa shape index (κ2) is 9.11. The average molecular weight is 533 g/mol. The molecule has 2 aliphatic carbocycles. The second-order valence-corrected chi connectivity index (χ2v) is 11.1. The Bertz CT molecular complexity index is 1840. The van der Waals surface area contributed by atoms with Gasteiger partial charge in [-0.3, -0.25) is 0 Å². The highest BCUT2D eigenvalue weighted by molar-refractivity contribution is 5.95. The van der Waals surface area contributed by atoms with Gasteiger partial charge in [-0.05, 0) is 78.9 Å². The first-order chi connectivity index (χ1) is 20.1. The SMILES string of the molecule is Fc1ccccc1Cc1ccc2c(c1)C1(c3ccccc3-2)c2ccccc2-c2ccc(Cc3ccccc3F)cc21. The summed E-state index contributed by atoms with van der Waals surface area (Å²) in [4.78, 5) is 0. The van der Waals surface area contributed by atoms with Crippen LogP contribution in [0.1, 0.15) is 44.5 Å². The molecule has 0 fully saturated rings. The van der Waals surface area contributed by atoms with Crippen LogP contribution in [-0.2, 0) is 18.3 Å². The van der Waals surface area contributed by atoms with E-state index in [2.05, 4.69) is 84.9 Å². The normalized spacial score (nSPS) is 13.5. The molecule has 196 valence electrons. The molecular weight excluding hydrogens is 506 g/mol. The molecule has 2 heteroatoms. The van der Waals surface area contributed by atoms with E-state index < -0.39 is 5.41 Å². The van der Waals surface area contributed by atoms with Gasteiger partial charge in [-0.15, -0.1) is 0 Å². The van der Waals surface area contributed by atoms with Gasteiger partial charge in [0.05, 0.1) is 5.41 Å². The predicted octanol–water partition coefficient (Wildman–Crippen LogP) is 9.49. The molecule has 0 saturated heterocycles. The minimum atomic E-state index is -0.506. The summed E-state index contributed by atoms with van der Waals surface area (Å²) in [5.41, 5.74) is 12.9. The molecule has 0 aliphatic heterocycles. The third-order valence-corrected chi connectivity index (χ3v) is 8.92. The van der Waals surface area contributed by atoms with Crippen molar-refractivity contribution in [2.45, 2.75) is 18.3 Å². The van der Waals surface area contributed by atoms with E-state index in [0.717, 1.165) is 11.1 Å². The van der Waals surface area contributed by atoms with Gasteiger partial charge in [0.2, 0.25) is 0 Å². The fourth-order valence-corrected chi connectivity index (χ4v) is 7.18. The molecule has 6 aromatic carbocycles. The highest BCUT2D eigenvalue weighted by Crippen LogP contribution is 2.63. The molecule has 0 unspecified atom stereocenters. The van der Waals surface area contributed by atoms with E-state index in [1.807, 2.05) is 24.3 Å². The molecule has 0 bridgehead atoms. The molecular formula is C39H26F2. The summed E-state index contributed by atoms with van der Waals surface area (Å²) >= 11 is 0. The van der Waals surface area contributed by atoms with E-state index in [1.54, 1.807) is 12.1 Å². The van der Waals surface area contributed by atoms with E-state index >= 15 is 0 Å². The van der Waals surface area contributed by atoms with Gasteiger partial charge in [0.1, 0.15) is 11.6 Å². The molecule has 0 atom stereocenters. The van der Waals surface area contributed by atoms with Gasteiger partial charge in [-0.25, -0.2) is 8.78 Å². The minimum Gasteiger partial charge on any atom is -0.207 e. The van der Waals surface area contributed by atoms with Gasteiger partial charge in [0.15, 0.2) is 0 Å². The first-order valence-corrected chi connectivity index (χ1v) is 14.1. The van der Waals surface area contributed by atoms with Crippen molar-refractivity contribution in [3.05, 3.63) is 190 Å². The summed E-state index contributed by atoms with van der Waals surface area (Å²) in [5, 5.41) is 0. The first kappa shape index (κ1) is 24.0. The Morgan fingerprint density at radius 1 is 0.390 bits per heavy atom. The maximum Gasteiger partial charge on any atom is 0.126 e. The average Bonchev–Trinajstić information content (AvgIpc) is 3.46. The summed E-state index contributed by atoms with van der Waals surface area (Å²) in [6.07, 6.45) is 1.04. The Morgan fingerprint density at radius 2 is 0.780 bits per heavy atom. The quantitative estimate of drug-likeness (QED) is 0.212. The van der Waals surface area contributed by atoms with Crippen molar-refractivity contribution in [1.29, 1.82) is 0 Å². The highest BCUT2D eigenvalue weighted by Gasteiger charge is 2.51. The van der Waals surface area contributed by atoms with E-state index in [9.17, 15) is 8.78 Å². The van der Waals surface area contributed by atoms with Crippen molar-refractivity contribution in [3.8, 4) is 22.3 Å². The van der Waals surface area contributed by atoms with E-state index in [0.29, 0.717) is 24.0 Å². The van der Waals surface area contributed by atoms with Crippen LogP contribution in [0.2, 0.25) is 0 Å². The molecule has 2 aliphatic rings. The molecule has 0 saturated carbocycles. The van der Waals surface area contributed by atoms with Gasteiger partial charge in [0.25, 0.3) is 0 Å². The lowest BCUT2D eigenvalue weighted by molar-refractivity contribution is 0.613. The number of hydrogen-bond donors (Lipinski definition) is 0. The minimum absolute atomic E-state index is 0.180. The molecule has 0 heterocycles. The topological polar surface area (TPSA) is 0 Å². The Morgan fingerprint density at radius 3 is 1.24 bits per heavy atom. The van der Waals surface area contributed by atoms with Crippen LogP contribution >= 0.6 is 0 Å². The second-order valence-electron chi connectivity index (χ2n) is 11.1. The standard InChI is InChI=1S/C39H26F2/c40-37-15-7-1-9-27(37)21-25-17-19-31-29-11-3-5-13-33(29)39(35(31)23-25)34-14-6-4-12-30(34)32-20-18-26(24-36(32)39)22-28-10-2-8-16-38(28)41/h1-20,23-24H,21-22H2. The molecule has 0 N–H and O–H groups in total. The lowest BCUT2D eigenvalue weighted by Crippen LogP contribution is -2.26. The number of halogens is 2. The lowest BCUT2D eigenvalue weighted by Gasteiger charge is -2.31. The van der Waals surface area contributed by atoms with Crippen LogP contribution in [0.15, 0.2) is 133 Å². The van der Waals surface area contributed by atoms with E-state index in [-0.39, 0.29) is 11.6 Å². The molecule has 41 heavy (non-hydrogen) atoms. The van der Waals surface area contributed by atoms with Gasteiger partial charge in [-0.2, -0.15) is 0 Å². The van der Waals surface area contributed by atoms with Crippen molar-refractivity contribution < 1.29 is 8.78 Å². The Hall–Kier alpha value is -4.82. The van der Waals surface area contributed by atoms with Crippen molar-refractivity contribution in [2.24, 2.45) is 0 Å². The zero-order chi connectivity index (χ0) is 27.6. The van der Waals surface area contributed by atoms with Crippen LogP contribution in [0.3, 0.4) is 0 Å². The van der Waals surface area contributed by atoms with Crippen molar-refractivity contribution in [1.82, 2.24) is 0 Å². The highest BCUT2D eigenvalue weighted by atomic mass is 19.1. The van der Waals surface area contributed by atoms with Crippen molar-refractivity contribution in [3.63, 3.8) is 0 Å². The van der Waals surface area contributed by atoms with Gasteiger partial charge in [0, 0.05) is 12.8 Å². The van der Waals surface area contributed by atoms with Crippen LogP contribution < -0.4 is 0 Å². The molecule has 0 aromatic heterocycles. The van der Waals surface area contributed by atoms with Crippen LogP contribution in [0.5, 0.6) is 0 Å². The summed E-state index contributed by atoms with van der Waals surface area (Å²) in [6, 6.07) is 44.7. The summed E-state index contributed by atoms with van der Waals surface area (Å²) < 4.78 is 29.4. The zero-order valence-electron chi connectivity index (χ0n) is 22.4. The van der Waals surface area contributed by atoms with E-state index in [1.165, 1.54) is 56.6 Å². The van der Waals surface area contributed by atoms with Gasteiger partial charge >= 0.3 is 0 Å². The smallest absolute Gasteiger partial charge is 0.126 e. The molecule has 6 aromatic rings. The third kappa shape index (κ3) is 3.50. The monoisotopic (exact) mass is 532 g/mol. The molecule has 0 radical (unpaired) electrons. The predicted molar refractivity (Wildman–Crippen MR) is 161 cm³/mol. The summed E-state index contributed by atoms with van der Waals surface area (Å²) in [5.74, 6) is -0.360. The van der Waals surface area contributed by atoms with Crippen molar-refractivity contribution >= 4 is 0 Å². The Kier molecular flexibility index (Phi) is 5.33. The molecule has 0 amide bonds. The third-order valence-electron chi connectivity index (χ3n) is 8.92.